The molecule has 2 aromatic carbocycles. The summed E-state index contributed by atoms with van der Waals surface area (Å²) in [5, 5.41) is 31.1. The van der Waals surface area contributed by atoms with Crippen molar-refractivity contribution in [1.29, 1.82) is 5.26 Å². The fraction of sp³-hybridized carbons (Fsp3) is 0.316. The van der Waals surface area contributed by atoms with E-state index in [1.807, 2.05) is 6.92 Å². The molecule has 1 heterocycles. The van der Waals surface area contributed by atoms with Gasteiger partial charge in [-0.3, -0.25) is 0 Å². The number of fused-ring (bicyclic) bond motifs is 1. The number of hydrogen-bond acceptors (Lipinski definition) is 7. The van der Waals surface area contributed by atoms with Crippen molar-refractivity contribution >= 4 is 5.69 Å². The van der Waals surface area contributed by atoms with Gasteiger partial charge in [0.1, 0.15) is 18.5 Å². The standard InChI is InChI=1S/C19H21N3O4/c1-3-26-16-9-11(7-8-15(16)25-2)14(10-20)22-18(23)12-5-4-6-13(21)17(12)19(22)24/h4-9,14,18-19,23-24H,3,21H2,1-2H3. The summed E-state index contributed by atoms with van der Waals surface area (Å²) in [4.78, 5) is 1.32. The van der Waals surface area contributed by atoms with Gasteiger partial charge < -0.3 is 25.4 Å². The minimum Gasteiger partial charge on any atom is -0.493 e. The van der Waals surface area contributed by atoms with Crippen LogP contribution in [0.2, 0.25) is 0 Å². The average molecular weight is 355 g/mol. The second-order valence-corrected chi connectivity index (χ2v) is 5.92. The molecule has 26 heavy (non-hydrogen) atoms. The van der Waals surface area contributed by atoms with Gasteiger partial charge >= 0.3 is 0 Å². The fourth-order valence-electron chi connectivity index (χ4n) is 3.30. The minimum atomic E-state index is -1.19. The molecule has 2 aromatic rings. The third kappa shape index (κ3) is 2.84. The number of ether oxygens (including phenoxy) is 2. The normalized spacial score (nSPS) is 20.3. The molecular formula is C19H21N3O4. The molecule has 136 valence electrons. The molecule has 0 saturated carbocycles. The Kier molecular flexibility index (Phi) is 5.00. The molecule has 0 fully saturated rings. The summed E-state index contributed by atoms with van der Waals surface area (Å²) < 4.78 is 10.8. The third-order valence-corrected chi connectivity index (χ3v) is 4.50. The van der Waals surface area contributed by atoms with E-state index in [1.54, 1.807) is 36.4 Å². The molecule has 7 nitrogen and oxygen atoms in total. The van der Waals surface area contributed by atoms with Crippen molar-refractivity contribution in [1.82, 2.24) is 4.90 Å². The van der Waals surface area contributed by atoms with Crippen LogP contribution in [0.25, 0.3) is 0 Å². The number of aliphatic hydroxyl groups is 2. The van der Waals surface area contributed by atoms with E-state index in [0.29, 0.717) is 40.5 Å². The molecule has 0 saturated heterocycles. The molecule has 4 N–H and O–H groups in total. The minimum absolute atomic E-state index is 0.373. The van der Waals surface area contributed by atoms with Crippen LogP contribution in [0.15, 0.2) is 36.4 Å². The van der Waals surface area contributed by atoms with E-state index in [4.69, 9.17) is 15.2 Å². The smallest absolute Gasteiger partial charge is 0.161 e. The van der Waals surface area contributed by atoms with Crippen LogP contribution in [-0.2, 0) is 0 Å². The first-order valence-electron chi connectivity index (χ1n) is 8.25. The number of rotatable bonds is 5. The number of methoxy groups -OCH3 is 1. The van der Waals surface area contributed by atoms with Gasteiger partial charge in [0.2, 0.25) is 0 Å². The number of nitrogens with zero attached hydrogens (tertiary/aromatic N) is 2. The van der Waals surface area contributed by atoms with Crippen LogP contribution in [0, 0.1) is 11.3 Å². The highest BCUT2D eigenvalue weighted by molar-refractivity contribution is 5.55. The van der Waals surface area contributed by atoms with Gasteiger partial charge in [-0.15, -0.1) is 0 Å². The van der Waals surface area contributed by atoms with Crippen molar-refractivity contribution in [2.24, 2.45) is 0 Å². The zero-order valence-corrected chi connectivity index (χ0v) is 14.6. The van der Waals surface area contributed by atoms with Gasteiger partial charge in [0.25, 0.3) is 0 Å². The Morgan fingerprint density at radius 2 is 2.00 bits per heavy atom. The van der Waals surface area contributed by atoms with Crippen molar-refractivity contribution < 1.29 is 19.7 Å². The molecule has 0 radical (unpaired) electrons. The molecule has 0 aliphatic carbocycles. The van der Waals surface area contributed by atoms with E-state index >= 15 is 0 Å². The van der Waals surface area contributed by atoms with Crippen molar-refractivity contribution in [3.63, 3.8) is 0 Å². The number of anilines is 1. The maximum absolute atomic E-state index is 10.7. The summed E-state index contributed by atoms with van der Waals surface area (Å²) in [5.74, 6) is 1.04. The quantitative estimate of drug-likeness (QED) is 0.705. The summed E-state index contributed by atoms with van der Waals surface area (Å²) in [5.41, 5.74) is 7.82. The summed E-state index contributed by atoms with van der Waals surface area (Å²) in [7, 11) is 1.53. The third-order valence-electron chi connectivity index (χ3n) is 4.50. The molecule has 0 bridgehead atoms. The van der Waals surface area contributed by atoms with Gasteiger partial charge in [-0.1, -0.05) is 18.2 Å². The summed E-state index contributed by atoms with van der Waals surface area (Å²) >= 11 is 0. The number of hydrogen-bond donors (Lipinski definition) is 3. The maximum Gasteiger partial charge on any atom is 0.161 e. The molecule has 3 unspecified atom stereocenters. The molecule has 1 aliphatic heterocycles. The molecule has 7 heteroatoms. The lowest BCUT2D eigenvalue weighted by Gasteiger charge is -2.29. The molecule has 0 aromatic heterocycles. The van der Waals surface area contributed by atoms with Gasteiger partial charge in [-0.2, -0.15) is 5.26 Å². The Balaban J connectivity index is 2.02. The lowest BCUT2D eigenvalue weighted by molar-refractivity contribution is -0.0995. The first kappa shape index (κ1) is 18.0. The average Bonchev–Trinajstić information content (AvgIpc) is 2.89. The number of benzene rings is 2. The van der Waals surface area contributed by atoms with Gasteiger partial charge in [-0.05, 0) is 30.7 Å². The van der Waals surface area contributed by atoms with E-state index in [9.17, 15) is 15.5 Å². The largest absolute Gasteiger partial charge is 0.493 e. The Bertz CT molecular complexity index is 849. The van der Waals surface area contributed by atoms with E-state index in [1.165, 1.54) is 12.0 Å². The Morgan fingerprint density at radius 3 is 2.62 bits per heavy atom. The summed E-state index contributed by atoms with van der Waals surface area (Å²) in [6.07, 6.45) is -2.34. The molecule has 3 rings (SSSR count). The van der Waals surface area contributed by atoms with Gasteiger partial charge in [0.05, 0.1) is 19.8 Å². The van der Waals surface area contributed by atoms with Crippen molar-refractivity contribution in [2.75, 3.05) is 19.5 Å². The second kappa shape index (κ2) is 7.22. The fourth-order valence-corrected chi connectivity index (χ4v) is 3.30. The van der Waals surface area contributed by atoms with Crippen LogP contribution in [0.5, 0.6) is 11.5 Å². The molecule has 0 amide bonds. The van der Waals surface area contributed by atoms with E-state index in [-0.39, 0.29) is 0 Å². The number of nitrogens with two attached hydrogens (primary N) is 1. The first-order valence-corrected chi connectivity index (χ1v) is 8.25. The Labute approximate surface area is 151 Å². The number of nitrogen functional groups attached to an aromatic ring is 1. The highest BCUT2D eigenvalue weighted by atomic mass is 16.5. The highest BCUT2D eigenvalue weighted by Crippen LogP contribution is 2.47. The number of nitriles is 1. The highest BCUT2D eigenvalue weighted by Gasteiger charge is 2.42. The summed E-state index contributed by atoms with van der Waals surface area (Å²) in [6, 6.07) is 11.4. The van der Waals surface area contributed by atoms with Gasteiger partial charge in [0, 0.05) is 16.8 Å². The van der Waals surface area contributed by atoms with Crippen LogP contribution < -0.4 is 15.2 Å². The maximum atomic E-state index is 10.7. The molecule has 0 spiro atoms. The lowest BCUT2D eigenvalue weighted by Crippen LogP contribution is -2.30. The Morgan fingerprint density at radius 1 is 1.23 bits per heavy atom. The second-order valence-electron chi connectivity index (χ2n) is 5.92. The Hall–Kier alpha value is -2.79. The zero-order valence-electron chi connectivity index (χ0n) is 14.6. The van der Waals surface area contributed by atoms with Gasteiger partial charge in [-0.25, -0.2) is 4.90 Å². The van der Waals surface area contributed by atoms with E-state index in [0.717, 1.165) is 0 Å². The van der Waals surface area contributed by atoms with Crippen molar-refractivity contribution in [3.05, 3.63) is 53.1 Å². The van der Waals surface area contributed by atoms with E-state index in [2.05, 4.69) is 6.07 Å². The predicted molar refractivity (Wildman–Crippen MR) is 95.1 cm³/mol. The van der Waals surface area contributed by atoms with Crippen LogP contribution in [-0.4, -0.2) is 28.8 Å². The van der Waals surface area contributed by atoms with Crippen molar-refractivity contribution in [2.45, 2.75) is 25.4 Å². The molecule has 3 atom stereocenters. The predicted octanol–water partition coefficient (Wildman–Crippen LogP) is 2.24. The van der Waals surface area contributed by atoms with Gasteiger partial charge in [0.15, 0.2) is 11.5 Å². The van der Waals surface area contributed by atoms with E-state index < -0.39 is 18.5 Å². The summed E-state index contributed by atoms with van der Waals surface area (Å²) in [6.45, 7) is 2.29. The SMILES string of the molecule is CCOc1cc(C(C#N)N2C(O)c3cccc(N)c3C2O)ccc1OC. The van der Waals surface area contributed by atoms with Crippen LogP contribution in [0.4, 0.5) is 5.69 Å². The van der Waals surface area contributed by atoms with Crippen molar-refractivity contribution in [3.8, 4) is 17.6 Å². The zero-order chi connectivity index (χ0) is 18.8. The topological polar surface area (TPSA) is 112 Å². The monoisotopic (exact) mass is 355 g/mol. The molecule has 1 aliphatic rings. The first-order chi connectivity index (χ1) is 12.5. The van der Waals surface area contributed by atoms with Crippen LogP contribution in [0.1, 0.15) is 42.1 Å². The molecular weight excluding hydrogens is 334 g/mol. The number of aliphatic hydroxyl groups excluding tert-OH is 2. The van der Waals surface area contributed by atoms with Crippen LogP contribution in [0.3, 0.4) is 0 Å². The van der Waals surface area contributed by atoms with Crippen LogP contribution >= 0.6 is 0 Å². The lowest BCUT2D eigenvalue weighted by atomic mass is 10.1.